The minimum absolute atomic E-state index is 0.0641. The highest BCUT2D eigenvalue weighted by atomic mass is 79.9. The number of carbonyl (C=O) groups is 1. The highest BCUT2D eigenvalue weighted by Gasteiger charge is 2.35. The zero-order valence-corrected chi connectivity index (χ0v) is 9.63. The summed E-state index contributed by atoms with van der Waals surface area (Å²) in [5.41, 5.74) is -0.193. The molecule has 76 valence electrons. The molecule has 0 spiro atoms. The Hall–Kier alpha value is -0.190. The number of Topliss-reactive ketones (excluding diaryl/α,β-unsaturated/α-hetero) is 1. The van der Waals surface area contributed by atoms with Crippen molar-refractivity contribution < 1.29 is 13.6 Å². The molecular formula is C8H3BrCl2F2O. The fraction of sp³-hybridized carbons (Fsp3) is 0.125. The molecule has 0 saturated carbocycles. The number of benzene rings is 1. The van der Waals surface area contributed by atoms with Gasteiger partial charge in [0.25, 0.3) is 0 Å². The van der Waals surface area contributed by atoms with Gasteiger partial charge in [-0.05, 0) is 34.1 Å². The Morgan fingerprint density at radius 3 is 2.29 bits per heavy atom. The van der Waals surface area contributed by atoms with Gasteiger partial charge in [0.1, 0.15) is 0 Å². The molecule has 0 amide bonds. The van der Waals surface area contributed by atoms with Crippen LogP contribution in [0.5, 0.6) is 0 Å². The number of carbonyl (C=O) groups excluding carboxylic acids is 1. The maximum atomic E-state index is 12.5. The van der Waals surface area contributed by atoms with Crippen molar-refractivity contribution in [2.75, 3.05) is 0 Å². The van der Waals surface area contributed by atoms with Crippen molar-refractivity contribution in [3.63, 3.8) is 0 Å². The molecule has 6 heteroatoms. The lowest BCUT2D eigenvalue weighted by atomic mass is 10.1. The van der Waals surface area contributed by atoms with Crippen molar-refractivity contribution in [3.05, 3.63) is 33.8 Å². The van der Waals surface area contributed by atoms with Gasteiger partial charge in [-0.3, -0.25) is 4.79 Å². The maximum absolute atomic E-state index is 12.5. The fourth-order valence-electron chi connectivity index (χ4n) is 0.801. The standard InChI is InChI=1S/C8H3BrCl2F2O/c9-8(12,13)7(14)4-1-2-5(10)6(11)3-4/h1-3H. The Bertz CT molecular complexity index is 376. The molecule has 1 aromatic rings. The van der Waals surface area contributed by atoms with E-state index in [4.69, 9.17) is 23.2 Å². The molecule has 0 aromatic heterocycles. The quantitative estimate of drug-likeness (QED) is 0.592. The fourth-order valence-corrected chi connectivity index (χ4v) is 1.33. The highest BCUT2D eigenvalue weighted by Crippen LogP contribution is 2.29. The number of alkyl halides is 3. The zero-order valence-electron chi connectivity index (χ0n) is 6.53. The summed E-state index contributed by atoms with van der Waals surface area (Å²) in [6.45, 7) is 0. The summed E-state index contributed by atoms with van der Waals surface area (Å²) in [5.74, 6) is -1.35. The Morgan fingerprint density at radius 2 is 1.86 bits per heavy atom. The van der Waals surface area contributed by atoms with Crippen LogP contribution < -0.4 is 0 Å². The van der Waals surface area contributed by atoms with Crippen LogP contribution in [0.25, 0.3) is 0 Å². The highest BCUT2D eigenvalue weighted by molar-refractivity contribution is 9.10. The van der Waals surface area contributed by atoms with E-state index in [-0.39, 0.29) is 15.6 Å². The molecule has 0 N–H and O–H groups in total. The van der Waals surface area contributed by atoms with Gasteiger partial charge in [-0.15, -0.1) is 0 Å². The van der Waals surface area contributed by atoms with E-state index in [2.05, 4.69) is 0 Å². The van der Waals surface area contributed by atoms with Crippen LogP contribution in [-0.4, -0.2) is 10.6 Å². The molecule has 0 aliphatic carbocycles. The third-order valence-electron chi connectivity index (χ3n) is 1.44. The Labute approximate surface area is 97.1 Å². The first-order valence-corrected chi connectivity index (χ1v) is 4.94. The summed E-state index contributed by atoms with van der Waals surface area (Å²) in [7, 11) is 0. The van der Waals surface area contributed by atoms with Gasteiger partial charge in [-0.2, -0.15) is 8.78 Å². The van der Waals surface area contributed by atoms with Gasteiger partial charge in [0, 0.05) is 5.56 Å². The number of hydrogen-bond donors (Lipinski definition) is 0. The molecule has 0 radical (unpaired) electrons. The lowest BCUT2D eigenvalue weighted by Crippen LogP contribution is -2.20. The summed E-state index contributed by atoms with van der Waals surface area (Å²) < 4.78 is 25.0. The first-order chi connectivity index (χ1) is 6.32. The monoisotopic (exact) mass is 302 g/mol. The maximum Gasteiger partial charge on any atom is 0.363 e. The van der Waals surface area contributed by atoms with E-state index in [9.17, 15) is 13.6 Å². The molecular weight excluding hydrogens is 301 g/mol. The minimum atomic E-state index is -3.58. The SMILES string of the molecule is O=C(c1ccc(Cl)c(Cl)c1)C(F)(F)Br. The summed E-state index contributed by atoms with van der Waals surface area (Å²) in [6.07, 6.45) is 0. The summed E-state index contributed by atoms with van der Waals surface area (Å²) in [5, 5.41) is 0.273. The zero-order chi connectivity index (χ0) is 10.9. The van der Waals surface area contributed by atoms with E-state index in [0.717, 1.165) is 6.07 Å². The average molecular weight is 304 g/mol. The van der Waals surface area contributed by atoms with Crippen LogP contribution in [0.1, 0.15) is 10.4 Å². The van der Waals surface area contributed by atoms with Gasteiger partial charge >= 0.3 is 4.83 Å². The number of hydrogen-bond acceptors (Lipinski definition) is 1. The Kier molecular flexibility index (Phi) is 3.50. The molecule has 0 aliphatic rings. The third-order valence-corrected chi connectivity index (χ3v) is 2.54. The van der Waals surface area contributed by atoms with Gasteiger partial charge < -0.3 is 0 Å². The number of ketones is 1. The van der Waals surface area contributed by atoms with E-state index in [1.165, 1.54) is 12.1 Å². The first kappa shape index (κ1) is 11.9. The summed E-state index contributed by atoms with van der Waals surface area (Å²) >= 11 is 13.1. The molecule has 0 bridgehead atoms. The second-order valence-electron chi connectivity index (χ2n) is 2.46. The van der Waals surface area contributed by atoms with E-state index in [1.807, 2.05) is 15.9 Å². The normalized spacial score (nSPS) is 11.5. The van der Waals surface area contributed by atoms with Gasteiger partial charge in [0.15, 0.2) is 0 Å². The lowest BCUT2D eigenvalue weighted by molar-refractivity contribution is 0.0592. The molecule has 1 aromatic carbocycles. The lowest BCUT2D eigenvalue weighted by Gasteiger charge is -2.07. The van der Waals surface area contributed by atoms with Crippen molar-refractivity contribution in [1.82, 2.24) is 0 Å². The van der Waals surface area contributed by atoms with Gasteiger partial charge in [-0.1, -0.05) is 23.2 Å². The smallest absolute Gasteiger partial charge is 0.286 e. The van der Waals surface area contributed by atoms with E-state index in [1.54, 1.807) is 0 Å². The Balaban J connectivity index is 3.10. The molecule has 0 atom stereocenters. The van der Waals surface area contributed by atoms with Crippen LogP contribution in [-0.2, 0) is 0 Å². The second-order valence-corrected chi connectivity index (χ2v) is 4.27. The predicted octanol–water partition coefficient (Wildman–Crippen LogP) is 4.16. The van der Waals surface area contributed by atoms with E-state index in [0.29, 0.717) is 0 Å². The molecule has 0 heterocycles. The van der Waals surface area contributed by atoms with Crippen LogP contribution in [0.4, 0.5) is 8.78 Å². The summed E-state index contributed by atoms with van der Waals surface area (Å²) in [6, 6.07) is 3.57. The molecule has 14 heavy (non-hydrogen) atoms. The summed E-state index contributed by atoms with van der Waals surface area (Å²) in [4.78, 5) is 7.45. The van der Waals surface area contributed by atoms with Crippen LogP contribution in [0.15, 0.2) is 18.2 Å². The molecule has 1 rings (SSSR count). The number of rotatable bonds is 2. The molecule has 0 aliphatic heterocycles. The molecule has 1 nitrogen and oxygen atoms in total. The molecule has 0 saturated heterocycles. The second kappa shape index (κ2) is 4.13. The Morgan fingerprint density at radius 1 is 1.29 bits per heavy atom. The number of halogens is 5. The van der Waals surface area contributed by atoms with Gasteiger partial charge in [0.2, 0.25) is 5.78 Å². The van der Waals surface area contributed by atoms with E-state index >= 15 is 0 Å². The van der Waals surface area contributed by atoms with Gasteiger partial charge in [-0.25, -0.2) is 0 Å². The van der Waals surface area contributed by atoms with Crippen LogP contribution >= 0.6 is 39.1 Å². The minimum Gasteiger partial charge on any atom is -0.286 e. The largest absolute Gasteiger partial charge is 0.363 e. The van der Waals surface area contributed by atoms with Crippen LogP contribution in [0.2, 0.25) is 10.0 Å². The van der Waals surface area contributed by atoms with Crippen molar-refractivity contribution >= 4 is 44.9 Å². The topological polar surface area (TPSA) is 17.1 Å². The predicted molar refractivity (Wildman–Crippen MR) is 54.7 cm³/mol. The van der Waals surface area contributed by atoms with Crippen molar-refractivity contribution in [2.45, 2.75) is 4.83 Å². The van der Waals surface area contributed by atoms with Gasteiger partial charge in [0.05, 0.1) is 10.0 Å². The first-order valence-electron chi connectivity index (χ1n) is 3.39. The average Bonchev–Trinajstić information content (AvgIpc) is 2.07. The third kappa shape index (κ3) is 2.65. The van der Waals surface area contributed by atoms with Crippen molar-refractivity contribution in [2.24, 2.45) is 0 Å². The van der Waals surface area contributed by atoms with Crippen LogP contribution in [0.3, 0.4) is 0 Å². The molecule has 0 fully saturated rings. The van der Waals surface area contributed by atoms with Crippen molar-refractivity contribution in [3.8, 4) is 0 Å². The van der Waals surface area contributed by atoms with E-state index < -0.39 is 10.6 Å². The van der Waals surface area contributed by atoms with Crippen LogP contribution in [0, 0.1) is 0 Å². The van der Waals surface area contributed by atoms with Crippen molar-refractivity contribution in [1.29, 1.82) is 0 Å². The molecule has 0 unspecified atom stereocenters.